The number of carbonyl (C=O) groups excluding carboxylic acids is 1. The number of methoxy groups -OCH3 is 1. The van der Waals surface area contributed by atoms with E-state index in [9.17, 15) is 15.0 Å². The average molecular weight is 422 g/mol. The van der Waals surface area contributed by atoms with Crippen molar-refractivity contribution in [3.63, 3.8) is 0 Å². The Hall–Kier alpha value is -4.07. The van der Waals surface area contributed by atoms with Gasteiger partial charge < -0.3 is 14.9 Å². The van der Waals surface area contributed by atoms with Crippen LogP contribution >= 0.6 is 0 Å². The van der Waals surface area contributed by atoms with Crippen LogP contribution in [0.5, 0.6) is 5.75 Å². The smallest absolute Gasteiger partial charge is 0.337 e. The molecule has 0 saturated carbocycles. The van der Waals surface area contributed by atoms with Crippen LogP contribution in [0.2, 0.25) is 0 Å². The van der Waals surface area contributed by atoms with Crippen molar-refractivity contribution in [1.82, 2.24) is 0 Å². The van der Waals surface area contributed by atoms with Gasteiger partial charge in [0, 0.05) is 17.5 Å². The minimum absolute atomic E-state index is 0.00459. The number of aliphatic hydroxyl groups is 1. The third-order valence-corrected chi connectivity index (χ3v) is 5.30. The van der Waals surface area contributed by atoms with Crippen LogP contribution < -0.4 is 0 Å². The first-order chi connectivity index (χ1) is 15.5. The summed E-state index contributed by atoms with van der Waals surface area (Å²) in [5, 5.41) is 23.1. The predicted octanol–water partition coefficient (Wildman–Crippen LogP) is 5.01. The van der Waals surface area contributed by atoms with Crippen molar-refractivity contribution in [2.24, 2.45) is 0 Å². The number of hydrogen-bond donors (Lipinski definition) is 2. The summed E-state index contributed by atoms with van der Waals surface area (Å²) in [5.74, 6) is 5.93. The standard InChI is InChI=1S/C28H22O4/c1-32-28(31)22-14-12-21(13-15-22)27(30)25-17-24-16-20(10-11-23(24)18-26(25)29)9-5-8-19-6-3-2-4-7-19/h2-4,6-7,10-18,27,29-30H,8H2,1H3. The maximum Gasteiger partial charge on any atom is 0.337 e. The third kappa shape index (κ3) is 4.64. The zero-order valence-corrected chi connectivity index (χ0v) is 17.6. The lowest BCUT2D eigenvalue weighted by molar-refractivity contribution is 0.0600. The van der Waals surface area contributed by atoms with E-state index in [0.717, 1.165) is 21.9 Å². The van der Waals surface area contributed by atoms with Crippen LogP contribution in [0.15, 0.2) is 84.9 Å². The van der Waals surface area contributed by atoms with Gasteiger partial charge >= 0.3 is 5.97 Å². The Bertz CT molecular complexity index is 1310. The van der Waals surface area contributed by atoms with Crippen LogP contribution in [0, 0.1) is 11.8 Å². The minimum Gasteiger partial charge on any atom is -0.508 e. The van der Waals surface area contributed by atoms with E-state index in [1.807, 2.05) is 48.5 Å². The van der Waals surface area contributed by atoms with Crippen molar-refractivity contribution in [1.29, 1.82) is 0 Å². The SMILES string of the molecule is COC(=O)c1ccc(C(O)c2cc3cc(C#CCc4ccccc4)ccc3cc2O)cc1. The molecule has 0 saturated heterocycles. The Balaban J connectivity index is 1.61. The van der Waals surface area contributed by atoms with Crippen molar-refractivity contribution in [3.8, 4) is 17.6 Å². The molecule has 0 bridgehead atoms. The normalized spacial score (nSPS) is 11.4. The van der Waals surface area contributed by atoms with E-state index >= 15 is 0 Å². The zero-order valence-electron chi connectivity index (χ0n) is 17.6. The van der Waals surface area contributed by atoms with Gasteiger partial charge in [0.2, 0.25) is 0 Å². The Labute approximate surface area is 186 Å². The van der Waals surface area contributed by atoms with Crippen LogP contribution in [0.1, 0.15) is 38.7 Å². The number of hydrogen-bond acceptors (Lipinski definition) is 4. The summed E-state index contributed by atoms with van der Waals surface area (Å²) < 4.78 is 4.70. The molecule has 4 aromatic rings. The highest BCUT2D eigenvalue weighted by Gasteiger charge is 2.16. The van der Waals surface area contributed by atoms with E-state index in [2.05, 4.69) is 11.8 Å². The summed E-state index contributed by atoms with van der Waals surface area (Å²) in [5.41, 5.74) is 3.37. The summed E-state index contributed by atoms with van der Waals surface area (Å²) in [6.45, 7) is 0. The summed E-state index contributed by atoms with van der Waals surface area (Å²) in [6, 6.07) is 25.7. The van der Waals surface area contributed by atoms with Gasteiger partial charge in [-0.3, -0.25) is 0 Å². The topological polar surface area (TPSA) is 66.8 Å². The molecule has 0 aliphatic heterocycles. The average Bonchev–Trinajstić information content (AvgIpc) is 2.83. The Morgan fingerprint density at radius 1 is 0.938 bits per heavy atom. The first-order valence-corrected chi connectivity index (χ1v) is 10.2. The minimum atomic E-state index is -1.04. The second kappa shape index (κ2) is 9.38. The Kier molecular flexibility index (Phi) is 6.21. The maximum atomic E-state index is 11.6. The molecular weight excluding hydrogens is 400 g/mol. The molecule has 32 heavy (non-hydrogen) atoms. The lowest BCUT2D eigenvalue weighted by Crippen LogP contribution is -2.04. The number of benzene rings is 4. The van der Waals surface area contributed by atoms with Crippen LogP contribution in [-0.4, -0.2) is 23.3 Å². The van der Waals surface area contributed by atoms with Crippen molar-refractivity contribution >= 4 is 16.7 Å². The Morgan fingerprint density at radius 3 is 2.41 bits per heavy atom. The molecule has 0 spiro atoms. The molecule has 1 atom stereocenters. The molecule has 1 unspecified atom stereocenters. The van der Waals surface area contributed by atoms with Gasteiger partial charge in [-0.25, -0.2) is 4.79 Å². The molecule has 0 aliphatic carbocycles. The predicted molar refractivity (Wildman–Crippen MR) is 124 cm³/mol. The van der Waals surface area contributed by atoms with Gasteiger partial charge in [-0.2, -0.15) is 0 Å². The number of esters is 1. The molecule has 158 valence electrons. The fourth-order valence-electron chi connectivity index (χ4n) is 3.54. The molecule has 0 aliphatic rings. The molecule has 4 nitrogen and oxygen atoms in total. The van der Waals surface area contributed by atoms with Gasteiger partial charge in [0.05, 0.1) is 12.7 Å². The molecule has 2 N–H and O–H groups in total. The number of rotatable bonds is 4. The lowest BCUT2D eigenvalue weighted by atomic mass is 9.96. The van der Waals surface area contributed by atoms with E-state index in [1.165, 1.54) is 7.11 Å². The lowest BCUT2D eigenvalue weighted by Gasteiger charge is -2.15. The molecule has 4 aromatic carbocycles. The van der Waals surface area contributed by atoms with Gasteiger partial charge in [0.25, 0.3) is 0 Å². The third-order valence-electron chi connectivity index (χ3n) is 5.30. The zero-order chi connectivity index (χ0) is 22.5. The second-order valence-electron chi connectivity index (χ2n) is 7.45. The fourth-order valence-corrected chi connectivity index (χ4v) is 3.54. The number of carbonyl (C=O) groups is 1. The maximum absolute atomic E-state index is 11.6. The van der Waals surface area contributed by atoms with Crippen LogP contribution in [0.4, 0.5) is 0 Å². The number of aromatic hydroxyl groups is 1. The molecule has 0 aromatic heterocycles. The van der Waals surface area contributed by atoms with Gasteiger partial charge in [0.1, 0.15) is 11.9 Å². The monoisotopic (exact) mass is 422 g/mol. The summed E-state index contributed by atoms with van der Waals surface area (Å²) in [6.07, 6.45) is -0.376. The molecule has 0 amide bonds. The first kappa shape index (κ1) is 21.2. The quantitative estimate of drug-likeness (QED) is 0.358. The molecule has 0 heterocycles. The van der Waals surface area contributed by atoms with E-state index < -0.39 is 12.1 Å². The molecule has 0 radical (unpaired) electrons. The molecular formula is C28H22O4. The van der Waals surface area contributed by atoms with E-state index in [-0.39, 0.29) is 5.75 Å². The second-order valence-corrected chi connectivity index (χ2v) is 7.45. The molecule has 4 heteroatoms. The molecule has 4 rings (SSSR count). The van der Waals surface area contributed by atoms with Crippen LogP contribution in [0.3, 0.4) is 0 Å². The van der Waals surface area contributed by atoms with Gasteiger partial charge in [-0.1, -0.05) is 60.4 Å². The highest BCUT2D eigenvalue weighted by molar-refractivity contribution is 5.89. The van der Waals surface area contributed by atoms with Crippen molar-refractivity contribution < 1.29 is 19.7 Å². The van der Waals surface area contributed by atoms with Crippen molar-refractivity contribution in [2.75, 3.05) is 7.11 Å². The van der Waals surface area contributed by atoms with Crippen molar-refractivity contribution in [2.45, 2.75) is 12.5 Å². The number of phenolic OH excluding ortho intramolecular Hbond substituents is 1. The number of aliphatic hydroxyl groups excluding tert-OH is 1. The van der Waals surface area contributed by atoms with Crippen LogP contribution in [-0.2, 0) is 11.2 Å². The number of fused-ring (bicyclic) bond motifs is 1. The summed E-state index contributed by atoms with van der Waals surface area (Å²) in [4.78, 5) is 11.6. The number of phenols is 1. The largest absolute Gasteiger partial charge is 0.508 e. The van der Waals surface area contributed by atoms with Crippen LogP contribution in [0.25, 0.3) is 10.8 Å². The van der Waals surface area contributed by atoms with Crippen molar-refractivity contribution in [3.05, 3.63) is 113 Å². The highest BCUT2D eigenvalue weighted by Crippen LogP contribution is 2.33. The summed E-state index contributed by atoms with van der Waals surface area (Å²) >= 11 is 0. The van der Waals surface area contributed by atoms with Gasteiger partial charge in [-0.15, -0.1) is 0 Å². The van der Waals surface area contributed by atoms with Gasteiger partial charge in [0.15, 0.2) is 0 Å². The van der Waals surface area contributed by atoms with Gasteiger partial charge in [-0.05, 0) is 58.3 Å². The number of ether oxygens (including phenoxy) is 1. The van der Waals surface area contributed by atoms with E-state index in [1.54, 1.807) is 36.4 Å². The molecule has 0 fully saturated rings. The first-order valence-electron chi connectivity index (χ1n) is 10.2. The fraction of sp³-hybridized carbons (Fsp3) is 0.107. The summed E-state index contributed by atoms with van der Waals surface area (Å²) in [7, 11) is 1.32. The highest BCUT2D eigenvalue weighted by atomic mass is 16.5. The van der Waals surface area contributed by atoms with E-state index in [0.29, 0.717) is 23.1 Å². The van der Waals surface area contributed by atoms with E-state index in [4.69, 9.17) is 4.74 Å². The Morgan fingerprint density at radius 2 is 1.69 bits per heavy atom.